The fourth-order valence-corrected chi connectivity index (χ4v) is 4.00. The van der Waals surface area contributed by atoms with E-state index in [-0.39, 0.29) is 11.3 Å². The smallest absolute Gasteiger partial charge is 0.225 e. The van der Waals surface area contributed by atoms with Gasteiger partial charge >= 0.3 is 0 Å². The third-order valence-electron chi connectivity index (χ3n) is 5.84. The Morgan fingerprint density at radius 3 is 3.04 bits per heavy atom. The summed E-state index contributed by atoms with van der Waals surface area (Å²) in [5.41, 5.74) is 2.05. The van der Waals surface area contributed by atoms with Crippen LogP contribution >= 0.6 is 0 Å². The molecule has 1 N–H and O–H groups in total. The third kappa shape index (κ3) is 2.57. The van der Waals surface area contributed by atoms with Crippen LogP contribution in [0.5, 0.6) is 0 Å². The Morgan fingerprint density at radius 1 is 1.38 bits per heavy atom. The lowest BCUT2D eigenvalue weighted by atomic mass is 9.80. The van der Waals surface area contributed by atoms with E-state index in [1.807, 2.05) is 11.1 Å². The first-order valence-electron chi connectivity index (χ1n) is 9.20. The molecule has 1 spiro atoms. The van der Waals surface area contributed by atoms with E-state index in [4.69, 9.17) is 9.72 Å². The van der Waals surface area contributed by atoms with Gasteiger partial charge in [0.05, 0.1) is 24.3 Å². The Labute approximate surface area is 142 Å². The van der Waals surface area contributed by atoms with Crippen molar-refractivity contribution < 1.29 is 9.53 Å². The van der Waals surface area contributed by atoms with Crippen LogP contribution in [0.25, 0.3) is 0 Å². The van der Waals surface area contributed by atoms with Gasteiger partial charge in [0.1, 0.15) is 0 Å². The number of likely N-dealkylation sites (tertiary alicyclic amines) is 1. The van der Waals surface area contributed by atoms with E-state index in [0.29, 0.717) is 19.1 Å². The van der Waals surface area contributed by atoms with Gasteiger partial charge in [-0.15, -0.1) is 0 Å². The number of rotatable bonds is 4. The first-order valence-corrected chi connectivity index (χ1v) is 9.20. The maximum absolute atomic E-state index is 12.4. The number of nitrogens with one attached hydrogen (secondary N) is 1. The molecule has 24 heavy (non-hydrogen) atoms. The van der Waals surface area contributed by atoms with Gasteiger partial charge in [-0.3, -0.25) is 4.79 Å². The molecule has 0 radical (unpaired) electrons. The molecule has 1 saturated heterocycles. The maximum Gasteiger partial charge on any atom is 0.225 e. The minimum Gasteiger partial charge on any atom is -0.376 e. The van der Waals surface area contributed by atoms with Gasteiger partial charge < -0.3 is 15.0 Å². The lowest BCUT2D eigenvalue weighted by Crippen LogP contribution is -2.42. The van der Waals surface area contributed by atoms with E-state index in [1.54, 1.807) is 0 Å². The number of amides is 1. The van der Waals surface area contributed by atoms with Crippen LogP contribution in [0.15, 0.2) is 6.20 Å². The number of fused-ring (bicyclic) bond motifs is 2. The summed E-state index contributed by atoms with van der Waals surface area (Å²) in [4.78, 5) is 23.8. The molecule has 0 bridgehead atoms. The summed E-state index contributed by atoms with van der Waals surface area (Å²) >= 11 is 0. The van der Waals surface area contributed by atoms with Gasteiger partial charge in [-0.1, -0.05) is 0 Å². The van der Waals surface area contributed by atoms with E-state index in [9.17, 15) is 4.79 Å². The molecule has 3 heterocycles. The molecule has 2 aliphatic carbocycles. The molecule has 6 heteroatoms. The Bertz CT molecular complexity index is 671. The quantitative estimate of drug-likeness (QED) is 0.911. The number of carbonyl (C=O) groups is 1. The number of hydrogen-bond donors (Lipinski definition) is 1. The number of aromatic nitrogens is 2. The summed E-state index contributed by atoms with van der Waals surface area (Å²) in [6.07, 6.45) is 7.60. The summed E-state index contributed by atoms with van der Waals surface area (Å²) in [6, 6.07) is 0. The van der Waals surface area contributed by atoms with Crippen LogP contribution in [0.3, 0.4) is 0 Å². The van der Waals surface area contributed by atoms with E-state index < -0.39 is 0 Å². The predicted molar refractivity (Wildman–Crippen MR) is 88.5 cm³/mol. The van der Waals surface area contributed by atoms with E-state index in [2.05, 4.69) is 10.3 Å². The van der Waals surface area contributed by atoms with Crippen LogP contribution in [-0.2, 0) is 21.6 Å². The molecule has 0 aromatic carbocycles. The predicted octanol–water partition coefficient (Wildman–Crippen LogP) is 1.71. The molecule has 1 amide bonds. The van der Waals surface area contributed by atoms with Gasteiger partial charge in [-0.2, -0.15) is 0 Å². The van der Waals surface area contributed by atoms with Gasteiger partial charge in [0.25, 0.3) is 0 Å². The molecule has 2 aliphatic heterocycles. The van der Waals surface area contributed by atoms with Gasteiger partial charge in [-0.05, 0) is 38.0 Å². The molecule has 5 rings (SSSR count). The van der Waals surface area contributed by atoms with Gasteiger partial charge in [0.2, 0.25) is 11.9 Å². The first-order chi connectivity index (χ1) is 11.7. The summed E-state index contributed by atoms with van der Waals surface area (Å²) in [5.74, 6) is 2.14. The molecule has 1 aromatic rings. The summed E-state index contributed by atoms with van der Waals surface area (Å²) in [6.45, 7) is 3.78. The molecule has 6 nitrogen and oxygen atoms in total. The zero-order valence-corrected chi connectivity index (χ0v) is 14.0. The van der Waals surface area contributed by atoms with Crippen LogP contribution in [0.1, 0.15) is 43.4 Å². The number of carbonyl (C=O) groups excluding carboxylic acids is 1. The molecule has 1 aromatic heterocycles. The van der Waals surface area contributed by atoms with Gasteiger partial charge in [-0.25, -0.2) is 9.97 Å². The number of nitrogens with zero attached hydrogens (tertiary/aromatic N) is 3. The average Bonchev–Trinajstić information content (AvgIpc) is 3.52. The minimum atomic E-state index is -0.142. The molecule has 1 atom stereocenters. The van der Waals surface area contributed by atoms with Gasteiger partial charge in [0, 0.05) is 37.3 Å². The fraction of sp³-hybridized carbons (Fsp3) is 0.722. The van der Waals surface area contributed by atoms with Crippen molar-refractivity contribution in [1.29, 1.82) is 0 Å². The van der Waals surface area contributed by atoms with Crippen LogP contribution in [-0.4, -0.2) is 47.0 Å². The fourth-order valence-electron chi connectivity index (χ4n) is 4.00. The zero-order valence-electron chi connectivity index (χ0n) is 14.0. The van der Waals surface area contributed by atoms with E-state index in [1.165, 1.54) is 12.8 Å². The number of anilines is 1. The van der Waals surface area contributed by atoms with Crippen molar-refractivity contribution in [3.63, 3.8) is 0 Å². The van der Waals surface area contributed by atoms with Crippen LogP contribution < -0.4 is 5.32 Å². The second kappa shape index (κ2) is 5.41. The second-order valence-corrected chi connectivity index (χ2v) is 7.95. The highest BCUT2D eigenvalue weighted by molar-refractivity contribution is 5.81. The summed E-state index contributed by atoms with van der Waals surface area (Å²) in [5, 5.41) is 3.38. The van der Waals surface area contributed by atoms with E-state index >= 15 is 0 Å². The van der Waals surface area contributed by atoms with Crippen LogP contribution in [0.2, 0.25) is 0 Å². The lowest BCUT2D eigenvalue weighted by molar-refractivity contribution is -0.131. The Hall–Kier alpha value is -1.69. The average molecular weight is 328 g/mol. The molecule has 4 aliphatic rings. The summed E-state index contributed by atoms with van der Waals surface area (Å²) in [7, 11) is 0. The third-order valence-corrected chi connectivity index (χ3v) is 5.84. The van der Waals surface area contributed by atoms with Crippen molar-refractivity contribution >= 4 is 11.9 Å². The first kappa shape index (κ1) is 14.6. The molecule has 128 valence electrons. The number of ether oxygens (including phenoxy) is 1. The molecule has 2 saturated carbocycles. The Balaban J connectivity index is 1.39. The maximum atomic E-state index is 12.4. The van der Waals surface area contributed by atoms with Crippen molar-refractivity contribution in [1.82, 2.24) is 14.9 Å². The van der Waals surface area contributed by atoms with Gasteiger partial charge in [0.15, 0.2) is 0 Å². The largest absolute Gasteiger partial charge is 0.376 e. The SMILES string of the molecule is O=C(C1CC1)N1CC[C@]2(COCc3cnc(NCC4CC4)nc32)C1. The minimum absolute atomic E-state index is 0.142. The zero-order chi connectivity index (χ0) is 16.1. The number of hydrogen-bond acceptors (Lipinski definition) is 5. The standard InChI is InChI=1S/C18H24N4O2/c23-16(13-3-4-13)22-6-5-18(10-22)11-24-9-14-8-20-17(21-15(14)18)19-7-12-1-2-12/h8,12-13H,1-7,9-11H2,(H,19,20,21)/t18-/m1/s1. The normalized spacial score (nSPS) is 28.9. The Kier molecular flexibility index (Phi) is 3.30. The van der Waals surface area contributed by atoms with Crippen molar-refractivity contribution in [3.05, 3.63) is 17.5 Å². The molecular formula is C18H24N4O2. The van der Waals surface area contributed by atoms with E-state index in [0.717, 1.165) is 62.0 Å². The van der Waals surface area contributed by atoms with Crippen molar-refractivity contribution in [2.24, 2.45) is 11.8 Å². The molecule has 3 fully saturated rings. The lowest BCUT2D eigenvalue weighted by Gasteiger charge is -2.34. The summed E-state index contributed by atoms with van der Waals surface area (Å²) < 4.78 is 5.85. The molecular weight excluding hydrogens is 304 g/mol. The van der Waals surface area contributed by atoms with Crippen LogP contribution in [0.4, 0.5) is 5.95 Å². The highest BCUT2D eigenvalue weighted by Gasteiger charge is 2.48. The monoisotopic (exact) mass is 328 g/mol. The topological polar surface area (TPSA) is 67.4 Å². The van der Waals surface area contributed by atoms with Crippen LogP contribution in [0, 0.1) is 11.8 Å². The van der Waals surface area contributed by atoms with Crippen molar-refractivity contribution in [2.45, 2.75) is 44.1 Å². The Morgan fingerprint density at radius 2 is 2.25 bits per heavy atom. The molecule has 0 unspecified atom stereocenters. The second-order valence-electron chi connectivity index (χ2n) is 7.95. The van der Waals surface area contributed by atoms with Crippen molar-refractivity contribution in [3.8, 4) is 0 Å². The highest BCUT2D eigenvalue weighted by atomic mass is 16.5. The van der Waals surface area contributed by atoms with Crippen molar-refractivity contribution in [2.75, 3.05) is 31.6 Å². The highest BCUT2D eigenvalue weighted by Crippen LogP contribution is 2.41.